The number of sulfone groups is 2. The molecule has 2 heterocycles. The first-order chi connectivity index (χ1) is 19.2. The average Bonchev–Trinajstić information content (AvgIpc) is 2.97. The molecule has 2 aromatic carbocycles. The minimum absolute atomic E-state index is 0.0576. The summed E-state index contributed by atoms with van der Waals surface area (Å²) in [5.41, 5.74) is 2.03. The average molecular weight is 585 g/mol. The summed E-state index contributed by atoms with van der Waals surface area (Å²) in [6, 6.07) is 14.5. The van der Waals surface area contributed by atoms with Crippen LogP contribution in [-0.4, -0.2) is 64.3 Å². The molecule has 218 valence electrons. The molecule has 0 fully saturated rings. The summed E-state index contributed by atoms with van der Waals surface area (Å²) in [7, 11) is -6.99. The van der Waals surface area contributed by atoms with Gasteiger partial charge in [-0.15, -0.1) is 0 Å². The first kappa shape index (κ1) is 30.4. The van der Waals surface area contributed by atoms with Crippen molar-refractivity contribution in [2.24, 2.45) is 0 Å². The maximum Gasteiger partial charge on any atom is 0.178 e. The van der Waals surface area contributed by atoms with Crippen molar-refractivity contribution >= 4 is 19.7 Å². The van der Waals surface area contributed by atoms with Gasteiger partial charge in [0.25, 0.3) is 0 Å². The largest absolute Gasteiger partial charge is 0.378 e. The number of rotatable bonds is 13. The van der Waals surface area contributed by atoms with Gasteiger partial charge in [-0.1, -0.05) is 50.3 Å². The lowest BCUT2D eigenvalue weighted by molar-refractivity contribution is 0.344. The Bertz CT molecular complexity index is 1290. The number of benzene rings is 2. The van der Waals surface area contributed by atoms with Gasteiger partial charge in [-0.2, -0.15) is 0 Å². The molecule has 40 heavy (non-hydrogen) atoms. The summed E-state index contributed by atoms with van der Waals surface area (Å²) < 4.78 is 52.4. The molecule has 2 aromatic rings. The molecule has 2 atom stereocenters. The highest BCUT2D eigenvalue weighted by Crippen LogP contribution is 2.29. The van der Waals surface area contributed by atoms with Crippen molar-refractivity contribution < 1.29 is 16.8 Å². The van der Waals surface area contributed by atoms with Gasteiger partial charge in [0.15, 0.2) is 19.7 Å². The van der Waals surface area contributed by atoms with Crippen LogP contribution in [0.2, 0.25) is 0 Å². The molecule has 0 aromatic heterocycles. The van der Waals surface area contributed by atoms with Crippen LogP contribution in [0.15, 0.2) is 82.9 Å². The van der Waals surface area contributed by atoms with Crippen molar-refractivity contribution in [3.8, 4) is 0 Å². The minimum atomic E-state index is -3.49. The fourth-order valence-electron chi connectivity index (χ4n) is 5.60. The Morgan fingerprint density at radius 2 is 1.10 bits per heavy atom. The Balaban J connectivity index is 1.32. The lowest BCUT2D eigenvalue weighted by Crippen LogP contribution is -2.24. The van der Waals surface area contributed by atoms with E-state index in [0.29, 0.717) is 22.6 Å². The smallest absolute Gasteiger partial charge is 0.178 e. The molecule has 2 aliphatic rings. The second kappa shape index (κ2) is 13.9. The predicted molar refractivity (Wildman–Crippen MR) is 163 cm³/mol. The van der Waals surface area contributed by atoms with Crippen molar-refractivity contribution in [2.45, 2.75) is 74.0 Å². The van der Waals surface area contributed by atoms with E-state index in [1.807, 2.05) is 24.3 Å². The Morgan fingerprint density at radius 1 is 0.675 bits per heavy atom. The topological polar surface area (TPSA) is 74.8 Å². The molecule has 2 aliphatic heterocycles. The van der Waals surface area contributed by atoms with E-state index in [0.717, 1.165) is 63.0 Å². The molecule has 0 N–H and O–H groups in total. The van der Waals surface area contributed by atoms with Crippen molar-refractivity contribution in [2.75, 3.05) is 37.7 Å². The van der Waals surface area contributed by atoms with Gasteiger partial charge in [0.05, 0.1) is 21.3 Å². The van der Waals surface area contributed by atoms with Crippen molar-refractivity contribution in [1.29, 1.82) is 0 Å². The van der Waals surface area contributed by atoms with Gasteiger partial charge in [-0.3, -0.25) is 0 Å². The molecule has 6 nitrogen and oxygen atoms in total. The SMILES string of the molecule is CCCN1C=CC(c2cccc(S(=O)(=O)CCCCS(=O)(=O)c3cccc(C4C=CN(CCC)CC4)c3)c2)CC1. The maximum absolute atomic E-state index is 13.1. The first-order valence-electron chi connectivity index (χ1n) is 14.7. The molecule has 0 radical (unpaired) electrons. The summed E-state index contributed by atoms with van der Waals surface area (Å²) in [5.74, 6) is 0.308. The molecule has 2 unspecified atom stereocenters. The monoisotopic (exact) mass is 584 g/mol. The van der Waals surface area contributed by atoms with E-state index in [1.54, 1.807) is 24.3 Å². The first-order valence-corrected chi connectivity index (χ1v) is 18.0. The summed E-state index contributed by atoms with van der Waals surface area (Å²) in [6.07, 6.45) is 13.3. The van der Waals surface area contributed by atoms with Gasteiger partial charge in [0.1, 0.15) is 0 Å². The van der Waals surface area contributed by atoms with Crippen LogP contribution in [0.4, 0.5) is 0 Å². The van der Waals surface area contributed by atoms with Crippen LogP contribution in [0.1, 0.15) is 75.3 Å². The molecule has 0 saturated heterocycles. The van der Waals surface area contributed by atoms with Gasteiger partial charge >= 0.3 is 0 Å². The van der Waals surface area contributed by atoms with E-state index in [2.05, 4.69) is 48.2 Å². The highest BCUT2D eigenvalue weighted by molar-refractivity contribution is 7.91. The second-order valence-corrected chi connectivity index (χ2v) is 15.3. The number of hydrogen-bond donors (Lipinski definition) is 0. The number of unbranched alkanes of at least 4 members (excludes halogenated alkanes) is 1. The normalized spacial score (nSPS) is 19.8. The Hall–Kier alpha value is -2.58. The zero-order valence-electron chi connectivity index (χ0n) is 23.9. The molecule has 8 heteroatoms. The zero-order valence-corrected chi connectivity index (χ0v) is 25.5. The van der Waals surface area contributed by atoms with Gasteiger partial charge in [-0.25, -0.2) is 16.8 Å². The summed E-state index contributed by atoms with van der Waals surface area (Å²) in [5, 5.41) is 0. The standard InChI is InChI=1S/C32H44N2O4S2/c1-3-17-33-19-13-27(14-20-33)29-9-7-11-31(25-29)39(35,36)23-5-6-24-40(37,38)32-12-8-10-30(26-32)28-15-21-34(18-4-2)22-16-28/h7-13,15,19,21,25-28H,3-6,14,16-18,20,22-24H2,1-2H3. The van der Waals surface area contributed by atoms with Crippen LogP contribution in [0.3, 0.4) is 0 Å². The van der Waals surface area contributed by atoms with E-state index in [9.17, 15) is 16.8 Å². The molecular formula is C32H44N2O4S2. The molecule has 0 saturated carbocycles. The van der Waals surface area contributed by atoms with E-state index in [-0.39, 0.29) is 23.3 Å². The Kier molecular flexibility index (Phi) is 10.5. The van der Waals surface area contributed by atoms with Crippen LogP contribution < -0.4 is 0 Å². The highest BCUT2D eigenvalue weighted by atomic mass is 32.2. The third kappa shape index (κ3) is 8.00. The second-order valence-electron chi connectivity index (χ2n) is 11.0. The summed E-state index contributed by atoms with van der Waals surface area (Å²) >= 11 is 0. The van der Waals surface area contributed by atoms with Crippen LogP contribution in [-0.2, 0) is 19.7 Å². The summed E-state index contributed by atoms with van der Waals surface area (Å²) in [4.78, 5) is 5.25. The van der Waals surface area contributed by atoms with Gasteiger partial charge in [-0.05, 0) is 86.3 Å². The van der Waals surface area contributed by atoms with Crippen molar-refractivity contribution in [1.82, 2.24) is 9.80 Å². The Labute approximate surface area is 241 Å². The van der Waals surface area contributed by atoms with E-state index in [4.69, 9.17) is 0 Å². The van der Waals surface area contributed by atoms with Gasteiger partial charge in [0, 0.05) is 38.0 Å². The minimum Gasteiger partial charge on any atom is -0.378 e. The van der Waals surface area contributed by atoms with Crippen LogP contribution >= 0.6 is 0 Å². The van der Waals surface area contributed by atoms with Gasteiger partial charge < -0.3 is 9.80 Å². The highest BCUT2D eigenvalue weighted by Gasteiger charge is 2.21. The maximum atomic E-state index is 13.1. The van der Waals surface area contributed by atoms with E-state index < -0.39 is 19.7 Å². The molecule has 0 aliphatic carbocycles. The molecule has 0 amide bonds. The van der Waals surface area contributed by atoms with Crippen molar-refractivity contribution in [3.05, 3.63) is 84.2 Å². The molecule has 4 rings (SSSR count). The van der Waals surface area contributed by atoms with Crippen LogP contribution in [0, 0.1) is 0 Å². The molecular weight excluding hydrogens is 540 g/mol. The van der Waals surface area contributed by atoms with E-state index in [1.165, 1.54) is 0 Å². The molecule has 0 bridgehead atoms. The molecule has 0 spiro atoms. The van der Waals surface area contributed by atoms with E-state index >= 15 is 0 Å². The van der Waals surface area contributed by atoms with Gasteiger partial charge in [0.2, 0.25) is 0 Å². The number of nitrogens with zero attached hydrogens (tertiary/aromatic N) is 2. The van der Waals surface area contributed by atoms with Crippen LogP contribution in [0.5, 0.6) is 0 Å². The Morgan fingerprint density at radius 3 is 1.45 bits per heavy atom. The predicted octanol–water partition coefficient (Wildman–Crippen LogP) is 6.14. The third-order valence-corrected chi connectivity index (χ3v) is 11.5. The number of allylic oxidation sites excluding steroid dienone is 2. The quantitative estimate of drug-likeness (QED) is 0.263. The fraction of sp³-hybridized carbons (Fsp3) is 0.500. The fourth-order valence-corrected chi connectivity index (χ4v) is 8.45. The lowest BCUT2D eigenvalue weighted by Gasteiger charge is -2.27. The van der Waals surface area contributed by atoms with Crippen LogP contribution in [0.25, 0.3) is 0 Å². The third-order valence-electron chi connectivity index (χ3n) is 7.90. The lowest BCUT2D eigenvalue weighted by atomic mass is 9.93. The summed E-state index contributed by atoms with van der Waals surface area (Å²) in [6.45, 7) is 8.34. The zero-order chi connectivity index (χ0) is 28.6. The number of hydrogen-bond acceptors (Lipinski definition) is 6. The van der Waals surface area contributed by atoms with Crippen molar-refractivity contribution in [3.63, 3.8) is 0 Å².